The Hall–Kier alpha value is -4.59. The third-order valence-corrected chi connectivity index (χ3v) is 6.93. The van der Waals surface area contributed by atoms with Crippen LogP contribution in [-0.4, -0.2) is 36.0 Å². The van der Waals surface area contributed by atoms with Gasteiger partial charge in [-0.1, -0.05) is 65.8 Å². The topological polar surface area (TPSA) is 111 Å². The summed E-state index contributed by atoms with van der Waals surface area (Å²) in [6, 6.07) is 23.0. The molecular weight excluding hydrogens is 484 g/mol. The maximum Gasteiger partial charge on any atom is 0.411 e. The molecule has 1 saturated carbocycles. The van der Waals surface area contributed by atoms with Crippen molar-refractivity contribution in [2.45, 2.75) is 31.6 Å². The van der Waals surface area contributed by atoms with Crippen LogP contribution in [0.2, 0.25) is 0 Å². The van der Waals surface area contributed by atoms with Crippen molar-refractivity contribution >= 4 is 17.7 Å². The highest BCUT2D eigenvalue weighted by molar-refractivity contribution is 5.91. The number of aryl methyl sites for hydroxylation is 1. The van der Waals surface area contributed by atoms with Crippen LogP contribution in [-0.2, 0) is 21.4 Å². The smallest absolute Gasteiger partial charge is 0.411 e. The molecule has 0 spiro atoms. The Morgan fingerprint density at radius 1 is 1.00 bits per heavy atom. The molecule has 194 valence electrons. The number of nitrogens with one attached hydrogen (secondary N) is 1. The molecule has 0 radical (unpaired) electrons. The van der Waals surface area contributed by atoms with Gasteiger partial charge in [-0.2, -0.15) is 0 Å². The number of aromatic nitrogens is 1. The van der Waals surface area contributed by atoms with E-state index in [4.69, 9.17) is 14.0 Å². The van der Waals surface area contributed by atoms with Crippen LogP contribution >= 0.6 is 0 Å². The van der Waals surface area contributed by atoms with Crippen LogP contribution in [0.4, 0.5) is 10.5 Å². The number of carbonyl (C=O) groups excluding carboxylic acids is 1. The minimum absolute atomic E-state index is 0.208. The van der Waals surface area contributed by atoms with E-state index in [2.05, 4.69) is 10.5 Å². The number of hydrogen-bond acceptors (Lipinski definition) is 6. The van der Waals surface area contributed by atoms with E-state index < -0.39 is 17.5 Å². The normalized spacial score (nSPS) is 13.5. The molecular formula is C30H28N2O6. The molecule has 8 nitrogen and oxygen atoms in total. The molecule has 38 heavy (non-hydrogen) atoms. The fourth-order valence-electron chi connectivity index (χ4n) is 4.49. The molecule has 1 fully saturated rings. The fraction of sp³-hybridized carbons (Fsp3) is 0.233. The third-order valence-electron chi connectivity index (χ3n) is 6.93. The number of benzene rings is 3. The summed E-state index contributed by atoms with van der Waals surface area (Å²) in [6.07, 6.45) is 1.32. The molecule has 1 aliphatic carbocycles. The zero-order valence-corrected chi connectivity index (χ0v) is 21.2. The lowest BCUT2D eigenvalue weighted by Crippen LogP contribution is -2.19. The van der Waals surface area contributed by atoms with Gasteiger partial charge < -0.3 is 19.1 Å². The van der Waals surface area contributed by atoms with Crippen LogP contribution < -0.4 is 10.1 Å². The summed E-state index contributed by atoms with van der Waals surface area (Å²) in [5, 5.41) is 16.3. The average Bonchev–Trinajstić information content (AvgIpc) is 3.68. The van der Waals surface area contributed by atoms with E-state index in [9.17, 15) is 14.7 Å². The van der Waals surface area contributed by atoms with Gasteiger partial charge in [0.15, 0.2) is 5.76 Å². The first-order valence-corrected chi connectivity index (χ1v) is 12.4. The Morgan fingerprint density at radius 2 is 1.66 bits per heavy atom. The van der Waals surface area contributed by atoms with Gasteiger partial charge in [-0.3, -0.25) is 10.1 Å². The Kier molecular flexibility index (Phi) is 6.87. The summed E-state index contributed by atoms with van der Waals surface area (Å²) in [5.41, 5.74) is 4.83. The minimum atomic E-state index is -0.762. The Labute approximate surface area is 220 Å². The van der Waals surface area contributed by atoms with E-state index >= 15 is 0 Å². The molecule has 3 aromatic carbocycles. The molecule has 1 aliphatic rings. The number of methoxy groups -OCH3 is 1. The molecule has 8 heteroatoms. The number of anilines is 1. The number of carbonyl (C=O) groups is 2. The number of hydrogen-bond donors (Lipinski definition) is 2. The highest BCUT2D eigenvalue weighted by atomic mass is 16.5. The van der Waals surface area contributed by atoms with Crippen LogP contribution in [0.15, 0.2) is 77.3 Å². The predicted octanol–water partition coefficient (Wildman–Crippen LogP) is 6.23. The molecule has 4 aromatic rings. The minimum Gasteiger partial charge on any atom is -0.497 e. The predicted molar refractivity (Wildman–Crippen MR) is 142 cm³/mol. The Bertz CT molecular complexity index is 1450. The summed E-state index contributed by atoms with van der Waals surface area (Å²) >= 11 is 0. The highest BCUT2D eigenvalue weighted by Crippen LogP contribution is 2.48. The van der Waals surface area contributed by atoms with Gasteiger partial charge in [0.25, 0.3) is 0 Å². The highest BCUT2D eigenvalue weighted by Gasteiger charge is 2.51. The van der Waals surface area contributed by atoms with Crippen LogP contribution in [0.1, 0.15) is 29.7 Å². The number of nitrogens with zero attached hydrogens (tertiary/aromatic N) is 1. The molecule has 2 N–H and O–H groups in total. The van der Waals surface area contributed by atoms with Crippen molar-refractivity contribution in [1.82, 2.24) is 5.16 Å². The van der Waals surface area contributed by atoms with Gasteiger partial charge in [-0.25, -0.2) is 4.79 Å². The van der Waals surface area contributed by atoms with Crippen molar-refractivity contribution in [3.63, 3.8) is 0 Å². The third kappa shape index (κ3) is 5.11. The van der Waals surface area contributed by atoms with Gasteiger partial charge >= 0.3 is 12.1 Å². The standard InChI is InChI=1S/C30H28N2O6/c1-19-26(31-29(35)37-17-14-20-4-3-5-25(18-20)36-2)27(38-32-19)23-8-6-21(7-9-23)22-10-12-24(13-11-22)30(15-16-30)28(33)34/h3-13,18H,14-17H2,1-2H3,(H,31,35)(H,33,34). The first kappa shape index (κ1) is 25.1. The molecule has 0 atom stereocenters. The van der Waals surface area contributed by atoms with E-state index in [1.54, 1.807) is 14.0 Å². The lowest BCUT2D eigenvalue weighted by atomic mass is 9.93. The van der Waals surface area contributed by atoms with Crippen LogP contribution in [0.25, 0.3) is 22.5 Å². The average molecular weight is 513 g/mol. The van der Waals surface area contributed by atoms with Gasteiger partial charge in [0, 0.05) is 12.0 Å². The van der Waals surface area contributed by atoms with Gasteiger partial charge in [0.05, 0.1) is 19.1 Å². The van der Waals surface area contributed by atoms with Crippen LogP contribution in [0.3, 0.4) is 0 Å². The Balaban J connectivity index is 1.23. The van der Waals surface area contributed by atoms with Crippen molar-refractivity contribution in [2.75, 3.05) is 19.0 Å². The maximum atomic E-state index is 12.5. The van der Waals surface area contributed by atoms with E-state index in [-0.39, 0.29) is 6.61 Å². The zero-order valence-electron chi connectivity index (χ0n) is 21.2. The zero-order chi connectivity index (χ0) is 26.7. The lowest BCUT2D eigenvalue weighted by Gasteiger charge is -2.11. The van der Waals surface area contributed by atoms with Crippen molar-refractivity contribution in [3.05, 3.63) is 89.6 Å². The van der Waals surface area contributed by atoms with E-state index in [0.717, 1.165) is 33.6 Å². The van der Waals surface area contributed by atoms with Crippen LogP contribution in [0, 0.1) is 6.92 Å². The summed E-state index contributed by atoms with van der Waals surface area (Å²) in [5.74, 6) is 0.429. The molecule has 0 bridgehead atoms. The van der Waals surface area contributed by atoms with Crippen molar-refractivity contribution < 1.29 is 28.7 Å². The summed E-state index contributed by atoms with van der Waals surface area (Å²) < 4.78 is 16.1. The molecule has 0 saturated heterocycles. The van der Waals surface area contributed by atoms with Gasteiger partial charge in [0.1, 0.15) is 17.1 Å². The number of rotatable bonds is 9. The van der Waals surface area contributed by atoms with E-state index in [0.29, 0.717) is 36.4 Å². The lowest BCUT2D eigenvalue weighted by molar-refractivity contribution is -0.140. The van der Waals surface area contributed by atoms with E-state index in [1.165, 1.54) is 0 Å². The van der Waals surface area contributed by atoms with Crippen molar-refractivity contribution in [1.29, 1.82) is 0 Å². The van der Waals surface area contributed by atoms with Crippen molar-refractivity contribution in [2.24, 2.45) is 0 Å². The fourth-order valence-corrected chi connectivity index (χ4v) is 4.49. The van der Waals surface area contributed by atoms with Gasteiger partial charge in [-0.15, -0.1) is 0 Å². The SMILES string of the molecule is COc1cccc(CCOC(=O)Nc2c(C)noc2-c2ccc(-c3ccc(C4(C(=O)O)CC4)cc3)cc2)c1. The number of amides is 1. The molecule has 1 aromatic heterocycles. The molecule has 1 heterocycles. The monoisotopic (exact) mass is 512 g/mol. The van der Waals surface area contributed by atoms with E-state index in [1.807, 2.05) is 72.8 Å². The first-order chi connectivity index (χ1) is 18.4. The molecule has 1 amide bonds. The number of carboxylic acid groups (broad SMARTS) is 1. The second-order valence-electron chi connectivity index (χ2n) is 9.38. The second kappa shape index (κ2) is 10.4. The summed E-state index contributed by atoms with van der Waals surface area (Å²) in [6.45, 7) is 1.96. The quantitative estimate of drug-likeness (QED) is 0.273. The molecule has 0 unspecified atom stereocenters. The number of carboxylic acids is 1. The Morgan fingerprint density at radius 3 is 2.29 bits per heavy atom. The van der Waals surface area contributed by atoms with Gasteiger partial charge in [0.2, 0.25) is 0 Å². The number of aliphatic carboxylic acids is 1. The van der Waals surface area contributed by atoms with Crippen molar-refractivity contribution in [3.8, 4) is 28.2 Å². The molecule has 5 rings (SSSR count). The number of ether oxygens (including phenoxy) is 2. The second-order valence-corrected chi connectivity index (χ2v) is 9.38. The summed E-state index contributed by atoms with van der Waals surface area (Å²) in [7, 11) is 1.61. The van der Waals surface area contributed by atoms with Gasteiger partial charge in [-0.05, 0) is 54.2 Å². The maximum absolute atomic E-state index is 12.5. The molecule has 0 aliphatic heterocycles. The largest absolute Gasteiger partial charge is 0.497 e. The first-order valence-electron chi connectivity index (χ1n) is 12.4. The van der Waals surface area contributed by atoms with Crippen LogP contribution in [0.5, 0.6) is 5.75 Å². The summed E-state index contributed by atoms with van der Waals surface area (Å²) in [4.78, 5) is 24.1.